The molecule has 0 aliphatic carbocycles. The Morgan fingerprint density at radius 1 is 0.429 bits per heavy atom. The standard InChI is InChI=1S/C36H70O6/c1-4-7-9-11-13-15-17-19-21-23-25-27-35(37)41-33-34(32-40-31-30-39-29-6-3)42-36(38)28-26-24-22-20-18-16-14-12-10-8-5-2/h34H,4-33H2,1-3H3. The molecule has 0 saturated heterocycles. The molecule has 0 aromatic heterocycles. The van der Waals surface area contributed by atoms with Crippen molar-refractivity contribution in [3.05, 3.63) is 0 Å². The Kier molecular flexibility index (Phi) is 33.4. The van der Waals surface area contributed by atoms with Crippen LogP contribution in [0, 0.1) is 0 Å². The largest absolute Gasteiger partial charge is 0.462 e. The average Bonchev–Trinajstić information content (AvgIpc) is 2.99. The fraction of sp³-hybridized carbons (Fsp3) is 0.944. The van der Waals surface area contributed by atoms with Gasteiger partial charge in [0.15, 0.2) is 6.10 Å². The van der Waals surface area contributed by atoms with Gasteiger partial charge in [-0.15, -0.1) is 0 Å². The van der Waals surface area contributed by atoms with E-state index >= 15 is 0 Å². The maximum Gasteiger partial charge on any atom is 0.306 e. The Morgan fingerprint density at radius 3 is 1.29 bits per heavy atom. The quantitative estimate of drug-likeness (QED) is 0.0542. The molecule has 250 valence electrons. The van der Waals surface area contributed by atoms with Gasteiger partial charge in [0, 0.05) is 19.4 Å². The van der Waals surface area contributed by atoms with Gasteiger partial charge in [0.2, 0.25) is 0 Å². The van der Waals surface area contributed by atoms with E-state index < -0.39 is 6.10 Å². The zero-order valence-electron chi connectivity index (χ0n) is 28.2. The lowest BCUT2D eigenvalue weighted by atomic mass is 10.1. The molecule has 1 atom stereocenters. The van der Waals surface area contributed by atoms with Gasteiger partial charge in [-0.25, -0.2) is 0 Å². The number of ether oxygens (including phenoxy) is 4. The van der Waals surface area contributed by atoms with E-state index in [0.29, 0.717) is 32.7 Å². The molecule has 0 saturated carbocycles. The molecular weight excluding hydrogens is 528 g/mol. The van der Waals surface area contributed by atoms with Crippen LogP contribution in [0.2, 0.25) is 0 Å². The van der Waals surface area contributed by atoms with Crippen molar-refractivity contribution in [2.24, 2.45) is 0 Å². The van der Waals surface area contributed by atoms with E-state index in [2.05, 4.69) is 20.8 Å². The van der Waals surface area contributed by atoms with Crippen LogP contribution in [-0.2, 0) is 28.5 Å². The van der Waals surface area contributed by atoms with Crippen LogP contribution in [0.15, 0.2) is 0 Å². The molecule has 0 aliphatic heterocycles. The van der Waals surface area contributed by atoms with Gasteiger partial charge in [-0.05, 0) is 19.3 Å². The summed E-state index contributed by atoms with van der Waals surface area (Å²) in [5, 5.41) is 0. The highest BCUT2D eigenvalue weighted by Gasteiger charge is 2.17. The van der Waals surface area contributed by atoms with Gasteiger partial charge in [0.1, 0.15) is 6.61 Å². The van der Waals surface area contributed by atoms with Gasteiger partial charge < -0.3 is 18.9 Å². The van der Waals surface area contributed by atoms with Gasteiger partial charge in [-0.1, -0.05) is 149 Å². The third-order valence-electron chi connectivity index (χ3n) is 7.72. The van der Waals surface area contributed by atoms with E-state index in [9.17, 15) is 9.59 Å². The fourth-order valence-corrected chi connectivity index (χ4v) is 5.07. The van der Waals surface area contributed by atoms with Crippen LogP contribution in [0.1, 0.15) is 181 Å². The predicted octanol–water partition coefficient (Wildman–Crippen LogP) is 10.3. The number of unbranched alkanes of at least 4 members (excludes halogenated alkanes) is 20. The van der Waals surface area contributed by atoms with E-state index in [-0.39, 0.29) is 25.2 Å². The summed E-state index contributed by atoms with van der Waals surface area (Å²) in [5.41, 5.74) is 0. The number of hydrogen-bond acceptors (Lipinski definition) is 6. The lowest BCUT2D eigenvalue weighted by Crippen LogP contribution is -2.30. The van der Waals surface area contributed by atoms with Crippen LogP contribution in [0.25, 0.3) is 0 Å². The Labute approximate surface area is 260 Å². The summed E-state index contributed by atoms with van der Waals surface area (Å²) in [4.78, 5) is 24.8. The summed E-state index contributed by atoms with van der Waals surface area (Å²) >= 11 is 0. The van der Waals surface area contributed by atoms with Crippen molar-refractivity contribution in [1.82, 2.24) is 0 Å². The molecule has 0 N–H and O–H groups in total. The summed E-state index contributed by atoms with van der Waals surface area (Å²) in [6.07, 6.45) is 28.6. The molecule has 0 amide bonds. The first kappa shape index (κ1) is 40.9. The highest BCUT2D eigenvalue weighted by molar-refractivity contribution is 5.70. The van der Waals surface area contributed by atoms with Crippen LogP contribution in [-0.4, -0.2) is 51.1 Å². The summed E-state index contributed by atoms with van der Waals surface area (Å²) in [6.45, 7) is 8.48. The fourth-order valence-electron chi connectivity index (χ4n) is 5.07. The molecule has 0 fully saturated rings. The van der Waals surface area contributed by atoms with Crippen molar-refractivity contribution >= 4 is 11.9 Å². The van der Waals surface area contributed by atoms with Crippen molar-refractivity contribution < 1.29 is 28.5 Å². The van der Waals surface area contributed by atoms with E-state index in [1.807, 2.05) is 0 Å². The maximum absolute atomic E-state index is 12.5. The number of hydrogen-bond donors (Lipinski definition) is 0. The van der Waals surface area contributed by atoms with E-state index in [4.69, 9.17) is 18.9 Å². The first-order valence-electron chi connectivity index (χ1n) is 18.1. The highest BCUT2D eigenvalue weighted by atomic mass is 16.6. The highest BCUT2D eigenvalue weighted by Crippen LogP contribution is 2.14. The third-order valence-corrected chi connectivity index (χ3v) is 7.72. The Balaban J connectivity index is 4.06. The third kappa shape index (κ3) is 31.8. The minimum Gasteiger partial charge on any atom is -0.462 e. The minimum absolute atomic E-state index is 0.0523. The molecule has 0 radical (unpaired) electrons. The lowest BCUT2D eigenvalue weighted by molar-refractivity contribution is -0.163. The van der Waals surface area contributed by atoms with Crippen molar-refractivity contribution in [1.29, 1.82) is 0 Å². The van der Waals surface area contributed by atoms with Crippen LogP contribution >= 0.6 is 0 Å². The van der Waals surface area contributed by atoms with Crippen molar-refractivity contribution in [3.8, 4) is 0 Å². The molecule has 6 heteroatoms. The first-order valence-corrected chi connectivity index (χ1v) is 18.1. The topological polar surface area (TPSA) is 71.1 Å². The molecule has 0 heterocycles. The molecular formula is C36H70O6. The molecule has 0 spiro atoms. The zero-order valence-corrected chi connectivity index (χ0v) is 28.2. The van der Waals surface area contributed by atoms with Crippen LogP contribution < -0.4 is 0 Å². The molecule has 0 aliphatic rings. The second-order valence-electron chi connectivity index (χ2n) is 12.1. The van der Waals surface area contributed by atoms with Crippen molar-refractivity contribution in [2.45, 2.75) is 187 Å². The average molecular weight is 599 g/mol. The maximum atomic E-state index is 12.5. The van der Waals surface area contributed by atoms with Gasteiger partial charge >= 0.3 is 11.9 Å². The molecule has 1 unspecified atom stereocenters. The smallest absolute Gasteiger partial charge is 0.306 e. The van der Waals surface area contributed by atoms with Gasteiger partial charge in [0.05, 0.1) is 19.8 Å². The van der Waals surface area contributed by atoms with Crippen LogP contribution in [0.3, 0.4) is 0 Å². The number of esters is 2. The second kappa shape index (κ2) is 34.4. The molecule has 0 bridgehead atoms. The molecule has 42 heavy (non-hydrogen) atoms. The van der Waals surface area contributed by atoms with Crippen molar-refractivity contribution in [3.63, 3.8) is 0 Å². The summed E-state index contributed by atoms with van der Waals surface area (Å²) in [6, 6.07) is 0. The normalized spacial score (nSPS) is 12.0. The SMILES string of the molecule is CCCCCCCCCCCCCC(=O)OCC(COCCOCCC)OC(=O)CCCCCCCCCCCCC. The number of carbonyl (C=O) groups excluding carboxylic acids is 2. The van der Waals surface area contributed by atoms with Gasteiger partial charge in [-0.2, -0.15) is 0 Å². The van der Waals surface area contributed by atoms with E-state index in [1.54, 1.807) is 0 Å². The van der Waals surface area contributed by atoms with Crippen molar-refractivity contribution in [2.75, 3.05) is 33.0 Å². The lowest BCUT2D eigenvalue weighted by Gasteiger charge is -2.18. The Morgan fingerprint density at radius 2 is 0.833 bits per heavy atom. The van der Waals surface area contributed by atoms with Gasteiger partial charge in [-0.3, -0.25) is 9.59 Å². The summed E-state index contributed by atoms with van der Waals surface area (Å²) in [5.74, 6) is -0.452. The number of rotatable bonds is 34. The zero-order chi connectivity index (χ0) is 30.8. The molecule has 0 rings (SSSR count). The van der Waals surface area contributed by atoms with Gasteiger partial charge in [0.25, 0.3) is 0 Å². The minimum atomic E-state index is -0.572. The predicted molar refractivity (Wildman–Crippen MR) is 175 cm³/mol. The second-order valence-corrected chi connectivity index (χ2v) is 12.1. The van der Waals surface area contributed by atoms with E-state index in [1.165, 1.54) is 116 Å². The van der Waals surface area contributed by atoms with Crippen LogP contribution in [0.5, 0.6) is 0 Å². The molecule has 0 aromatic carbocycles. The number of carbonyl (C=O) groups is 2. The van der Waals surface area contributed by atoms with Crippen LogP contribution in [0.4, 0.5) is 0 Å². The summed E-state index contributed by atoms with van der Waals surface area (Å²) in [7, 11) is 0. The Hall–Kier alpha value is -1.14. The monoisotopic (exact) mass is 599 g/mol. The van der Waals surface area contributed by atoms with E-state index in [0.717, 1.165) is 32.1 Å². The summed E-state index contributed by atoms with van der Waals surface area (Å²) < 4.78 is 22.2. The molecule has 6 nitrogen and oxygen atoms in total. The Bertz CT molecular complexity index is 567. The molecule has 0 aromatic rings. The first-order chi connectivity index (χ1) is 20.6.